The van der Waals surface area contributed by atoms with Crippen LogP contribution >= 0.6 is 15.9 Å². The van der Waals surface area contributed by atoms with Crippen LogP contribution in [0.3, 0.4) is 0 Å². The summed E-state index contributed by atoms with van der Waals surface area (Å²) < 4.78 is 42.9. The molecule has 8 heteroatoms. The maximum Gasteiger partial charge on any atom is 0.275 e. The molecule has 0 aliphatic heterocycles. The zero-order valence-electron chi connectivity index (χ0n) is 10.5. The molecule has 0 aromatic carbocycles. The number of hydrogen-bond acceptors (Lipinski definition) is 4. The molecule has 2 atom stereocenters. The maximum absolute atomic E-state index is 13.2. The molecule has 0 bridgehead atoms. The Bertz CT molecular complexity index is 544. The molecule has 1 aromatic heterocycles. The van der Waals surface area contributed by atoms with Gasteiger partial charge >= 0.3 is 0 Å². The lowest BCUT2D eigenvalue weighted by atomic mass is 10.2. The van der Waals surface area contributed by atoms with Gasteiger partial charge in [0.15, 0.2) is 10.5 Å². The zero-order valence-corrected chi connectivity index (χ0v) is 12.9. The molecule has 1 aromatic rings. The summed E-state index contributed by atoms with van der Waals surface area (Å²) >= 11 is 2.99. The number of sulfonamides is 1. The van der Waals surface area contributed by atoms with E-state index in [9.17, 15) is 12.8 Å². The summed E-state index contributed by atoms with van der Waals surface area (Å²) in [6.45, 7) is 1.90. The van der Waals surface area contributed by atoms with Crippen LogP contribution in [0, 0.1) is 12.8 Å². The lowest BCUT2D eigenvalue weighted by molar-refractivity contribution is 0.401. The van der Waals surface area contributed by atoms with Gasteiger partial charge < -0.3 is 4.42 Å². The molecule has 5 nitrogen and oxygen atoms in total. The highest BCUT2D eigenvalue weighted by atomic mass is 79.9. The Morgan fingerprint density at radius 3 is 2.84 bits per heavy atom. The van der Waals surface area contributed by atoms with Crippen LogP contribution < -0.4 is 4.72 Å². The van der Waals surface area contributed by atoms with Crippen molar-refractivity contribution < 1.29 is 17.2 Å². The van der Waals surface area contributed by atoms with Crippen LogP contribution in [-0.2, 0) is 10.0 Å². The van der Waals surface area contributed by atoms with Crippen molar-refractivity contribution in [3.63, 3.8) is 0 Å². The van der Waals surface area contributed by atoms with Gasteiger partial charge in [0, 0.05) is 19.4 Å². The van der Waals surface area contributed by atoms with Crippen molar-refractivity contribution >= 4 is 26.0 Å². The van der Waals surface area contributed by atoms with Gasteiger partial charge in [0.2, 0.25) is 0 Å². The molecule has 0 amide bonds. The fraction of sp³-hybridized carbons (Fsp3) is 0.727. The number of nitrogens with one attached hydrogen (secondary N) is 1. The van der Waals surface area contributed by atoms with Gasteiger partial charge in [-0.15, -0.1) is 0 Å². The van der Waals surface area contributed by atoms with E-state index in [4.69, 9.17) is 4.42 Å². The number of oxazole rings is 1. The first-order chi connectivity index (χ1) is 8.81. The van der Waals surface area contributed by atoms with Crippen molar-refractivity contribution in [1.29, 1.82) is 0 Å². The molecule has 1 fully saturated rings. The number of aromatic nitrogens is 1. The van der Waals surface area contributed by atoms with Crippen molar-refractivity contribution in [1.82, 2.24) is 9.71 Å². The second kappa shape index (κ2) is 5.49. The predicted molar refractivity (Wildman–Crippen MR) is 71.2 cm³/mol. The molecule has 0 saturated heterocycles. The van der Waals surface area contributed by atoms with E-state index in [2.05, 4.69) is 25.6 Å². The number of nitrogens with zero attached hydrogens (tertiary/aromatic N) is 1. The van der Waals surface area contributed by atoms with Crippen molar-refractivity contribution in [2.24, 2.45) is 5.92 Å². The molecular formula is C11H16BrFN2O3S. The Hall–Kier alpha value is -0.470. The van der Waals surface area contributed by atoms with Gasteiger partial charge in [0.1, 0.15) is 0 Å². The van der Waals surface area contributed by atoms with Crippen molar-refractivity contribution in [3.8, 4) is 0 Å². The summed E-state index contributed by atoms with van der Waals surface area (Å²) in [5.74, 6) is 0.381. The average molecular weight is 355 g/mol. The van der Waals surface area contributed by atoms with E-state index in [0.29, 0.717) is 25.3 Å². The SMILES string of the molecule is Cc1ncc(S(=O)(=O)NCCCCC2CC2(F)Br)o1. The minimum absolute atomic E-state index is 0.0704. The van der Waals surface area contributed by atoms with E-state index in [1.807, 2.05) is 0 Å². The van der Waals surface area contributed by atoms with Gasteiger partial charge in [-0.25, -0.2) is 22.5 Å². The number of alkyl halides is 2. The van der Waals surface area contributed by atoms with Gasteiger partial charge in [-0.3, -0.25) is 0 Å². The van der Waals surface area contributed by atoms with E-state index >= 15 is 0 Å². The van der Waals surface area contributed by atoms with E-state index in [1.165, 1.54) is 6.20 Å². The van der Waals surface area contributed by atoms with Crippen LogP contribution in [0.4, 0.5) is 4.39 Å². The predicted octanol–water partition coefficient (Wildman–Crippen LogP) is 2.51. The highest BCUT2D eigenvalue weighted by Gasteiger charge is 2.52. The van der Waals surface area contributed by atoms with Crippen LogP contribution in [-0.4, -0.2) is 24.5 Å². The fourth-order valence-electron chi connectivity index (χ4n) is 1.84. The van der Waals surface area contributed by atoms with Gasteiger partial charge in [-0.05, 0) is 35.2 Å². The minimum Gasteiger partial charge on any atom is -0.428 e. The first-order valence-electron chi connectivity index (χ1n) is 6.11. The van der Waals surface area contributed by atoms with Gasteiger partial charge in [-0.1, -0.05) is 6.42 Å². The summed E-state index contributed by atoms with van der Waals surface area (Å²) in [5.41, 5.74) is 0. The molecule has 1 saturated carbocycles. The van der Waals surface area contributed by atoms with Crippen LogP contribution in [0.15, 0.2) is 15.7 Å². The number of unbranched alkanes of at least 4 members (excludes halogenated alkanes) is 1. The van der Waals surface area contributed by atoms with Crippen LogP contribution in [0.2, 0.25) is 0 Å². The monoisotopic (exact) mass is 354 g/mol. The van der Waals surface area contributed by atoms with Crippen LogP contribution in [0.5, 0.6) is 0 Å². The molecule has 0 radical (unpaired) electrons. The van der Waals surface area contributed by atoms with Gasteiger partial charge in [0.25, 0.3) is 15.1 Å². The first kappa shape index (κ1) is 14.9. The normalized spacial score (nSPS) is 26.6. The van der Waals surface area contributed by atoms with Gasteiger partial charge in [-0.2, -0.15) is 0 Å². The lowest BCUT2D eigenvalue weighted by Crippen LogP contribution is -2.24. The molecule has 108 valence electrons. The second-order valence-electron chi connectivity index (χ2n) is 4.75. The van der Waals surface area contributed by atoms with E-state index in [1.54, 1.807) is 6.92 Å². The molecule has 1 aliphatic carbocycles. The summed E-state index contributed by atoms with van der Waals surface area (Å²) in [6, 6.07) is 0. The summed E-state index contributed by atoms with van der Waals surface area (Å²) in [7, 11) is -3.61. The lowest BCUT2D eigenvalue weighted by Gasteiger charge is -2.04. The number of halogens is 2. The quantitative estimate of drug-likeness (QED) is 0.603. The minimum atomic E-state index is -3.61. The number of hydrogen-bond donors (Lipinski definition) is 1. The summed E-state index contributed by atoms with van der Waals surface area (Å²) in [5, 5.41) is -0.171. The first-order valence-corrected chi connectivity index (χ1v) is 8.39. The third-order valence-electron chi connectivity index (χ3n) is 3.09. The summed E-state index contributed by atoms with van der Waals surface area (Å²) in [6.07, 6.45) is 3.97. The molecule has 1 N–H and O–H groups in total. The fourth-order valence-corrected chi connectivity index (χ4v) is 3.44. The van der Waals surface area contributed by atoms with Crippen molar-refractivity contribution in [2.45, 2.75) is 42.3 Å². The molecule has 2 unspecified atom stereocenters. The van der Waals surface area contributed by atoms with Gasteiger partial charge in [0.05, 0.1) is 6.20 Å². The molecule has 1 heterocycles. The van der Waals surface area contributed by atoms with Crippen LogP contribution in [0.1, 0.15) is 31.6 Å². The van der Waals surface area contributed by atoms with E-state index in [-0.39, 0.29) is 11.0 Å². The Labute approximate surface area is 120 Å². The highest BCUT2D eigenvalue weighted by molar-refractivity contribution is 9.10. The van der Waals surface area contributed by atoms with Crippen LogP contribution in [0.25, 0.3) is 0 Å². The smallest absolute Gasteiger partial charge is 0.275 e. The average Bonchev–Trinajstić information content (AvgIpc) is 2.72. The standard InChI is InChI=1S/C11H16BrFN2O3S/c1-8-14-7-10(18-8)19(16,17)15-5-3-2-4-9-6-11(9,12)13/h7,9,15H,2-6H2,1H3. The largest absolute Gasteiger partial charge is 0.428 e. The molecule has 0 spiro atoms. The summed E-state index contributed by atoms with van der Waals surface area (Å²) in [4.78, 5) is 3.74. The van der Waals surface area contributed by atoms with E-state index < -0.39 is 14.6 Å². The maximum atomic E-state index is 13.2. The van der Waals surface area contributed by atoms with Crippen molar-refractivity contribution in [3.05, 3.63) is 12.1 Å². The number of aryl methyl sites for hydroxylation is 1. The zero-order chi connectivity index (χ0) is 14.1. The molecule has 2 rings (SSSR count). The second-order valence-corrected chi connectivity index (χ2v) is 7.77. The topological polar surface area (TPSA) is 72.2 Å². The Kier molecular flexibility index (Phi) is 4.32. The molecule has 1 aliphatic rings. The van der Waals surface area contributed by atoms with E-state index in [0.717, 1.165) is 12.8 Å². The third kappa shape index (κ3) is 4.00. The Morgan fingerprint density at radius 1 is 1.63 bits per heavy atom. The molecule has 19 heavy (non-hydrogen) atoms. The number of rotatable bonds is 7. The van der Waals surface area contributed by atoms with Crippen molar-refractivity contribution in [2.75, 3.05) is 6.54 Å². The molecular weight excluding hydrogens is 339 g/mol. The third-order valence-corrected chi connectivity index (χ3v) is 5.37. The Morgan fingerprint density at radius 2 is 2.32 bits per heavy atom. The highest BCUT2D eigenvalue weighted by Crippen LogP contribution is 2.54. The Balaban J connectivity index is 1.68.